The van der Waals surface area contributed by atoms with Crippen molar-refractivity contribution in [3.05, 3.63) is 60.7 Å². The molecule has 0 aromatic heterocycles. The first-order valence-corrected chi connectivity index (χ1v) is 6.34. The molecule has 1 aliphatic heterocycles. The molecule has 20 heavy (non-hydrogen) atoms. The van der Waals surface area contributed by atoms with Crippen LogP contribution in [0.15, 0.2) is 70.8 Å². The Kier molecular flexibility index (Phi) is 3.13. The lowest BCUT2D eigenvalue weighted by molar-refractivity contribution is -0.112. The van der Waals surface area contributed by atoms with Crippen molar-refractivity contribution in [2.45, 2.75) is 6.92 Å². The molecule has 2 aromatic rings. The maximum Gasteiger partial charge on any atom is 0.299 e. The van der Waals surface area contributed by atoms with Gasteiger partial charge in [-0.1, -0.05) is 36.4 Å². The van der Waals surface area contributed by atoms with E-state index in [4.69, 9.17) is 0 Å². The Morgan fingerprint density at radius 2 is 1.55 bits per heavy atom. The van der Waals surface area contributed by atoms with Gasteiger partial charge in [0.05, 0.1) is 17.1 Å². The highest BCUT2D eigenvalue weighted by molar-refractivity contribution is 6.71. The van der Waals surface area contributed by atoms with Gasteiger partial charge in [0.25, 0.3) is 5.91 Å². The number of hydrogen-bond acceptors (Lipinski definition) is 3. The Balaban J connectivity index is 1.96. The summed E-state index contributed by atoms with van der Waals surface area (Å²) in [4.78, 5) is 16.8. The fourth-order valence-corrected chi connectivity index (χ4v) is 2.00. The van der Waals surface area contributed by atoms with Crippen molar-refractivity contribution in [1.82, 2.24) is 0 Å². The van der Waals surface area contributed by atoms with Crippen molar-refractivity contribution in [2.75, 3.05) is 5.01 Å². The number of hydrazone groups is 1. The Bertz CT molecular complexity index is 690. The van der Waals surface area contributed by atoms with Crippen LogP contribution in [0, 0.1) is 0 Å². The second kappa shape index (κ2) is 5.09. The Hall–Kier alpha value is -2.75. The number of hydrogen-bond donors (Lipinski definition) is 0. The number of nitrogens with zero attached hydrogens (tertiary/aromatic N) is 3. The van der Waals surface area contributed by atoms with E-state index in [1.807, 2.05) is 60.7 Å². The van der Waals surface area contributed by atoms with E-state index in [-0.39, 0.29) is 5.91 Å². The lowest BCUT2D eigenvalue weighted by Gasteiger charge is -2.10. The summed E-state index contributed by atoms with van der Waals surface area (Å²) >= 11 is 0. The van der Waals surface area contributed by atoms with Crippen molar-refractivity contribution < 1.29 is 4.79 Å². The van der Waals surface area contributed by atoms with Gasteiger partial charge in [-0.15, -0.1) is 0 Å². The van der Waals surface area contributed by atoms with Crippen molar-refractivity contribution in [3.63, 3.8) is 0 Å². The average molecular weight is 263 g/mol. The highest BCUT2D eigenvalue weighted by Gasteiger charge is 2.30. The highest BCUT2D eigenvalue weighted by Crippen LogP contribution is 2.21. The van der Waals surface area contributed by atoms with Crippen LogP contribution in [0.5, 0.6) is 0 Å². The molecular weight excluding hydrogens is 250 g/mol. The van der Waals surface area contributed by atoms with Gasteiger partial charge in [0, 0.05) is 0 Å². The summed E-state index contributed by atoms with van der Waals surface area (Å²) in [6, 6.07) is 18.8. The number of aliphatic imine (C=N–C) groups is 1. The molecule has 0 radical (unpaired) electrons. The largest absolute Gasteiger partial charge is 0.299 e. The predicted molar refractivity (Wildman–Crippen MR) is 80.6 cm³/mol. The number of para-hydroxylation sites is 2. The zero-order valence-corrected chi connectivity index (χ0v) is 11.0. The van der Waals surface area contributed by atoms with Crippen molar-refractivity contribution in [3.8, 4) is 0 Å². The molecule has 0 aliphatic carbocycles. The standard InChI is InChI=1S/C16H13N3O/c1-12-15(17-13-8-4-2-5-9-13)16(20)19(18-12)14-10-6-3-7-11-14/h2-11H,1H3. The number of amides is 1. The van der Waals surface area contributed by atoms with E-state index in [0.29, 0.717) is 11.4 Å². The molecule has 0 saturated carbocycles. The third kappa shape index (κ3) is 2.23. The number of benzene rings is 2. The van der Waals surface area contributed by atoms with Crippen LogP contribution in [0.4, 0.5) is 11.4 Å². The molecule has 4 heteroatoms. The topological polar surface area (TPSA) is 45.0 Å². The summed E-state index contributed by atoms with van der Waals surface area (Å²) in [5.41, 5.74) is 2.51. The Labute approximate surface area is 117 Å². The van der Waals surface area contributed by atoms with Gasteiger partial charge in [-0.25, -0.2) is 4.99 Å². The monoisotopic (exact) mass is 263 g/mol. The van der Waals surface area contributed by atoms with Crippen LogP contribution in [0.25, 0.3) is 0 Å². The summed E-state index contributed by atoms with van der Waals surface area (Å²) in [7, 11) is 0. The van der Waals surface area contributed by atoms with Crippen LogP contribution in [0.2, 0.25) is 0 Å². The van der Waals surface area contributed by atoms with E-state index in [2.05, 4.69) is 10.1 Å². The first-order chi connectivity index (χ1) is 9.75. The minimum Gasteiger partial charge on any atom is -0.265 e. The van der Waals surface area contributed by atoms with Crippen molar-refractivity contribution in [2.24, 2.45) is 10.1 Å². The van der Waals surface area contributed by atoms with Gasteiger partial charge in [0.15, 0.2) is 5.71 Å². The van der Waals surface area contributed by atoms with E-state index in [0.717, 1.165) is 11.4 Å². The molecule has 3 rings (SSSR count). The zero-order chi connectivity index (χ0) is 13.9. The maximum atomic E-state index is 12.4. The number of rotatable bonds is 2. The summed E-state index contributed by atoms with van der Waals surface area (Å²) in [5.74, 6) is -0.197. The first kappa shape index (κ1) is 12.3. The van der Waals surface area contributed by atoms with Crippen LogP contribution in [0.1, 0.15) is 6.92 Å². The predicted octanol–water partition coefficient (Wildman–Crippen LogP) is 3.18. The second-order valence-electron chi connectivity index (χ2n) is 4.43. The summed E-state index contributed by atoms with van der Waals surface area (Å²) < 4.78 is 0. The van der Waals surface area contributed by atoms with Crippen LogP contribution >= 0.6 is 0 Å². The van der Waals surface area contributed by atoms with Crippen molar-refractivity contribution >= 4 is 28.7 Å². The van der Waals surface area contributed by atoms with Crippen LogP contribution in [-0.4, -0.2) is 17.3 Å². The zero-order valence-electron chi connectivity index (χ0n) is 11.0. The van der Waals surface area contributed by atoms with E-state index < -0.39 is 0 Å². The Morgan fingerprint density at radius 1 is 0.950 bits per heavy atom. The van der Waals surface area contributed by atoms with Gasteiger partial charge in [-0.05, 0) is 31.2 Å². The summed E-state index contributed by atoms with van der Waals surface area (Å²) in [5, 5.41) is 5.67. The van der Waals surface area contributed by atoms with Gasteiger partial charge in [-0.2, -0.15) is 10.1 Å². The van der Waals surface area contributed by atoms with E-state index in [1.165, 1.54) is 5.01 Å². The first-order valence-electron chi connectivity index (χ1n) is 6.34. The number of anilines is 1. The fourth-order valence-electron chi connectivity index (χ4n) is 2.00. The molecule has 0 fully saturated rings. The number of carbonyl (C=O) groups is 1. The van der Waals surface area contributed by atoms with Crippen LogP contribution in [-0.2, 0) is 4.79 Å². The summed E-state index contributed by atoms with van der Waals surface area (Å²) in [6.45, 7) is 1.79. The van der Waals surface area contributed by atoms with Crippen LogP contribution in [0.3, 0.4) is 0 Å². The highest BCUT2D eigenvalue weighted by atomic mass is 16.2. The normalized spacial score (nSPS) is 16.6. The molecule has 4 nitrogen and oxygen atoms in total. The van der Waals surface area contributed by atoms with Gasteiger partial charge < -0.3 is 0 Å². The second-order valence-corrected chi connectivity index (χ2v) is 4.43. The Morgan fingerprint density at radius 3 is 2.20 bits per heavy atom. The SMILES string of the molecule is CC1=NN(c2ccccc2)C(=O)C1=Nc1ccccc1. The van der Waals surface area contributed by atoms with E-state index >= 15 is 0 Å². The van der Waals surface area contributed by atoms with Gasteiger partial charge >= 0.3 is 0 Å². The molecule has 0 unspecified atom stereocenters. The number of carbonyl (C=O) groups excluding carboxylic acids is 1. The molecule has 1 amide bonds. The fraction of sp³-hybridized carbons (Fsp3) is 0.0625. The van der Waals surface area contributed by atoms with Crippen molar-refractivity contribution in [1.29, 1.82) is 0 Å². The molecule has 2 aromatic carbocycles. The lowest BCUT2D eigenvalue weighted by Crippen LogP contribution is -2.26. The van der Waals surface area contributed by atoms with E-state index in [9.17, 15) is 4.79 Å². The minimum atomic E-state index is -0.197. The third-order valence-electron chi connectivity index (χ3n) is 2.99. The molecule has 0 N–H and O–H groups in total. The summed E-state index contributed by atoms with van der Waals surface area (Å²) in [6.07, 6.45) is 0. The smallest absolute Gasteiger partial charge is 0.265 e. The molecule has 0 spiro atoms. The molecule has 1 heterocycles. The molecular formula is C16H13N3O. The molecule has 0 saturated heterocycles. The molecule has 1 aliphatic rings. The van der Waals surface area contributed by atoms with E-state index in [1.54, 1.807) is 6.92 Å². The van der Waals surface area contributed by atoms with Gasteiger partial charge in [-0.3, -0.25) is 4.79 Å². The van der Waals surface area contributed by atoms with Gasteiger partial charge in [0.2, 0.25) is 0 Å². The third-order valence-corrected chi connectivity index (χ3v) is 2.99. The van der Waals surface area contributed by atoms with Crippen LogP contribution < -0.4 is 5.01 Å². The average Bonchev–Trinajstić information content (AvgIpc) is 2.77. The van der Waals surface area contributed by atoms with Gasteiger partial charge in [0.1, 0.15) is 0 Å². The maximum absolute atomic E-state index is 12.4. The quantitative estimate of drug-likeness (QED) is 0.820. The molecule has 0 bridgehead atoms. The molecule has 0 atom stereocenters. The lowest BCUT2D eigenvalue weighted by atomic mass is 10.2. The minimum absolute atomic E-state index is 0.197. The molecule has 98 valence electrons.